The molecule has 4 nitrogen and oxygen atoms in total. The second-order valence-electron chi connectivity index (χ2n) is 28.7. The highest BCUT2D eigenvalue weighted by Gasteiger charge is 2.47. The third-order valence-electron chi connectivity index (χ3n) is 22.7. The fourth-order valence-electron chi connectivity index (χ4n) is 18.5. The molecular formula is C79H63BN4. The summed E-state index contributed by atoms with van der Waals surface area (Å²) in [6.45, 7) is 19.6. The van der Waals surface area contributed by atoms with Gasteiger partial charge in [-0.2, -0.15) is 0 Å². The first-order chi connectivity index (χ1) is 40.7. The molecule has 0 saturated carbocycles. The highest BCUT2D eigenvalue weighted by molar-refractivity contribution is 6.90. The number of aromatic nitrogens is 4. The fourth-order valence-corrected chi connectivity index (χ4v) is 18.5. The Morgan fingerprint density at radius 2 is 0.905 bits per heavy atom. The van der Waals surface area contributed by atoms with Crippen molar-refractivity contribution in [1.82, 2.24) is 18.2 Å². The van der Waals surface area contributed by atoms with Gasteiger partial charge >= 0.3 is 6.85 Å². The van der Waals surface area contributed by atoms with Crippen LogP contribution in [0.5, 0.6) is 0 Å². The number of rotatable bonds is 2. The molecule has 0 bridgehead atoms. The van der Waals surface area contributed by atoms with Crippen molar-refractivity contribution < 1.29 is 0 Å². The van der Waals surface area contributed by atoms with Gasteiger partial charge in [0.2, 0.25) is 0 Å². The zero-order chi connectivity index (χ0) is 56.0. The van der Waals surface area contributed by atoms with Crippen LogP contribution in [0.4, 0.5) is 0 Å². The molecule has 4 aromatic heterocycles. The molecule has 8 heterocycles. The largest absolute Gasteiger partial charge is 0.374 e. The van der Waals surface area contributed by atoms with Crippen molar-refractivity contribution in [1.29, 1.82) is 0 Å². The molecule has 20 rings (SSSR count). The lowest BCUT2D eigenvalue weighted by Crippen LogP contribution is -2.55. The van der Waals surface area contributed by atoms with E-state index in [9.17, 15) is 0 Å². The van der Waals surface area contributed by atoms with Gasteiger partial charge in [0.15, 0.2) is 0 Å². The lowest BCUT2D eigenvalue weighted by atomic mass is 9.45. The second-order valence-corrected chi connectivity index (χ2v) is 28.7. The molecule has 14 aromatic rings. The van der Waals surface area contributed by atoms with E-state index in [4.69, 9.17) is 0 Å². The van der Waals surface area contributed by atoms with Gasteiger partial charge in [-0.1, -0.05) is 213 Å². The summed E-state index contributed by atoms with van der Waals surface area (Å²) >= 11 is 0. The maximum atomic E-state index is 2.88. The number of para-hydroxylation sites is 5. The van der Waals surface area contributed by atoms with Crippen molar-refractivity contribution >= 4 is 94.2 Å². The Balaban J connectivity index is 0.965. The highest BCUT2D eigenvalue weighted by Crippen LogP contribution is 2.60. The summed E-state index contributed by atoms with van der Waals surface area (Å²) in [5.41, 5.74) is 35.6. The van der Waals surface area contributed by atoms with E-state index in [0.29, 0.717) is 0 Å². The van der Waals surface area contributed by atoms with E-state index in [-0.39, 0.29) is 34.5 Å². The molecule has 0 amide bonds. The minimum atomic E-state index is -0.109. The Kier molecular flexibility index (Phi) is 8.29. The van der Waals surface area contributed by atoms with E-state index in [1.54, 1.807) is 0 Å². The Bertz CT molecular complexity index is 5460. The lowest BCUT2D eigenvalue weighted by molar-refractivity contribution is 0.332. The van der Waals surface area contributed by atoms with Crippen LogP contribution in [-0.2, 0) is 21.7 Å². The van der Waals surface area contributed by atoms with Crippen molar-refractivity contribution in [2.75, 3.05) is 0 Å². The summed E-state index contributed by atoms with van der Waals surface area (Å²) in [6, 6.07) is 72.2. The molecule has 0 spiro atoms. The zero-order valence-corrected chi connectivity index (χ0v) is 49.1. The van der Waals surface area contributed by atoms with Crippen LogP contribution in [0.3, 0.4) is 0 Å². The minimum Gasteiger partial charge on any atom is -0.374 e. The van der Waals surface area contributed by atoms with Gasteiger partial charge in [0.1, 0.15) is 0 Å². The van der Waals surface area contributed by atoms with Crippen LogP contribution < -0.4 is 10.9 Å². The van der Waals surface area contributed by atoms with Crippen LogP contribution in [0, 0.1) is 0 Å². The van der Waals surface area contributed by atoms with E-state index in [0.717, 1.165) is 0 Å². The Labute approximate surface area is 489 Å². The summed E-state index contributed by atoms with van der Waals surface area (Å²) in [7, 11) is 0. The van der Waals surface area contributed by atoms with Crippen LogP contribution in [0.15, 0.2) is 182 Å². The predicted octanol–water partition coefficient (Wildman–Crippen LogP) is 18.9. The molecule has 5 heteroatoms. The monoisotopic (exact) mass is 1080 g/mol. The first-order valence-corrected chi connectivity index (χ1v) is 31.0. The van der Waals surface area contributed by atoms with Crippen molar-refractivity contribution in [3.8, 4) is 55.9 Å². The van der Waals surface area contributed by atoms with Crippen LogP contribution >= 0.6 is 0 Å². The Morgan fingerprint density at radius 1 is 0.369 bits per heavy atom. The standard InChI is InChI=1S/C79H63BN4/c1-76(2)37-39-78(5,6)58-41-43(29-34-56(58)76)45-33-36-64-68-65(45)52-22-14-24-54-70(52)84(80(68)60-25-15-20-50-48-18-10-12-27-62(48)82(64)71(50)60)75-55-32-31-46(44-30-35-57-59(42-44)79(7,8)40-38-77(57,3)4)66-51-21-16-28-63-67(51)73(83(72(55)66)74(54)75)53-23-13-19-49-47-17-9-11-26-61(47)81(63)69(49)53/h9-36,41-42,73H,37-40H2,1-8H3. The van der Waals surface area contributed by atoms with E-state index >= 15 is 0 Å². The van der Waals surface area contributed by atoms with Crippen LogP contribution in [0.2, 0.25) is 0 Å². The van der Waals surface area contributed by atoms with Gasteiger partial charge in [-0.15, -0.1) is 0 Å². The molecule has 10 aromatic carbocycles. The molecule has 4 aliphatic heterocycles. The molecule has 84 heavy (non-hydrogen) atoms. The van der Waals surface area contributed by atoms with Gasteiger partial charge < -0.3 is 18.2 Å². The summed E-state index contributed by atoms with van der Waals surface area (Å²) in [5.74, 6) is 0. The van der Waals surface area contributed by atoms with Crippen molar-refractivity contribution in [3.63, 3.8) is 0 Å². The summed E-state index contributed by atoms with van der Waals surface area (Å²) in [5, 5.41) is 7.87. The van der Waals surface area contributed by atoms with E-state index in [1.165, 1.54) is 202 Å². The van der Waals surface area contributed by atoms with Gasteiger partial charge in [0, 0.05) is 65.8 Å². The minimum absolute atomic E-state index is 0.0673. The molecular weight excluding hydrogens is 1020 g/mol. The molecule has 6 aliphatic rings. The van der Waals surface area contributed by atoms with Gasteiger partial charge in [-0.25, -0.2) is 0 Å². The maximum absolute atomic E-state index is 2.88. The van der Waals surface area contributed by atoms with E-state index < -0.39 is 0 Å². The fraction of sp³-hybridized carbons (Fsp3) is 0.215. The first-order valence-electron chi connectivity index (χ1n) is 31.0. The molecule has 0 radical (unpaired) electrons. The average Bonchev–Trinajstić information content (AvgIpc) is 1.60. The predicted molar refractivity (Wildman–Crippen MR) is 354 cm³/mol. The normalized spacial score (nSPS) is 18.3. The topological polar surface area (TPSA) is 19.7 Å². The quantitative estimate of drug-likeness (QED) is 0.154. The number of hydrogen-bond acceptors (Lipinski definition) is 0. The second kappa shape index (κ2) is 14.9. The lowest BCUT2D eigenvalue weighted by Gasteiger charge is -2.42. The molecule has 0 saturated heterocycles. The van der Waals surface area contributed by atoms with Crippen molar-refractivity contribution in [3.05, 3.63) is 215 Å². The molecule has 2 aliphatic carbocycles. The van der Waals surface area contributed by atoms with Crippen molar-refractivity contribution in [2.45, 2.75) is 109 Å². The third kappa shape index (κ3) is 5.35. The zero-order valence-electron chi connectivity index (χ0n) is 49.1. The van der Waals surface area contributed by atoms with Crippen LogP contribution in [0.25, 0.3) is 132 Å². The molecule has 0 fully saturated rings. The summed E-state index contributed by atoms with van der Waals surface area (Å²) in [6.07, 6.45) is 4.74. The first kappa shape index (κ1) is 46.7. The molecule has 0 N–H and O–H groups in total. The number of nitrogens with zero attached hydrogens (tertiary/aromatic N) is 4. The molecule has 1 unspecified atom stereocenters. The van der Waals surface area contributed by atoms with Gasteiger partial charge in [0.25, 0.3) is 0 Å². The number of benzene rings is 10. The van der Waals surface area contributed by atoms with Gasteiger partial charge in [-0.3, -0.25) is 0 Å². The maximum Gasteiger partial charge on any atom is 0.333 e. The SMILES string of the molecule is CC1(C)CCC(C)(C)c2cc(-c3ccc4c5c3-c3cccc6c3n(c3c7ccc(-c8ccc9c(c8)C(C)(C)CCC9(C)C)c8c7n(c63)C3c6c-8cccc6-n6c7ccccc7c7cccc3c76)B5c3cccc5c6ccccc6n-4c35)ccc21. The van der Waals surface area contributed by atoms with Crippen LogP contribution in [-0.4, -0.2) is 25.0 Å². The average molecular weight is 1080 g/mol. The smallest absolute Gasteiger partial charge is 0.333 e. The van der Waals surface area contributed by atoms with E-state index in [2.05, 4.69) is 256 Å². The Hall–Kier alpha value is -8.80. The van der Waals surface area contributed by atoms with Crippen LogP contribution in [0.1, 0.15) is 120 Å². The summed E-state index contributed by atoms with van der Waals surface area (Å²) < 4.78 is 11.0. The van der Waals surface area contributed by atoms with Gasteiger partial charge in [-0.05, 0) is 138 Å². The number of hydrogen-bond donors (Lipinski definition) is 0. The van der Waals surface area contributed by atoms with Gasteiger partial charge in [0.05, 0.1) is 50.3 Å². The van der Waals surface area contributed by atoms with E-state index in [1.807, 2.05) is 0 Å². The summed E-state index contributed by atoms with van der Waals surface area (Å²) in [4.78, 5) is 0. The Morgan fingerprint density at radius 3 is 1.60 bits per heavy atom. The molecule has 402 valence electrons. The molecule has 1 atom stereocenters. The number of fused-ring (bicyclic) bond motifs is 21. The third-order valence-corrected chi connectivity index (χ3v) is 22.7. The van der Waals surface area contributed by atoms with Crippen molar-refractivity contribution in [2.24, 2.45) is 0 Å². The highest BCUT2D eigenvalue weighted by atomic mass is 15.1.